The van der Waals surface area contributed by atoms with E-state index in [1.807, 2.05) is 58.3 Å². The van der Waals surface area contributed by atoms with Gasteiger partial charge in [0.25, 0.3) is 16.9 Å². The molecule has 0 radical (unpaired) electrons. The number of halogens is 6. The van der Waals surface area contributed by atoms with Gasteiger partial charge in [-0.2, -0.15) is 32.2 Å². The summed E-state index contributed by atoms with van der Waals surface area (Å²) in [5.41, 5.74) is -0.699. The Bertz CT molecular complexity index is 2870. The maximum atomic E-state index is 13.7. The third-order valence-corrected chi connectivity index (χ3v) is 12.0. The lowest BCUT2D eigenvalue weighted by atomic mass is 10.1. The summed E-state index contributed by atoms with van der Waals surface area (Å²) < 4.78 is 54.6. The number of H-pyrrole nitrogens is 1. The summed E-state index contributed by atoms with van der Waals surface area (Å²) in [6.07, 6.45) is -4.41. The van der Waals surface area contributed by atoms with Crippen LogP contribution in [-0.4, -0.2) is 129 Å². The molecule has 2 atom stereocenters. The van der Waals surface area contributed by atoms with Crippen LogP contribution in [0.1, 0.15) is 86.2 Å². The summed E-state index contributed by atoms with van der Waals surface area (Å²) >= 11 is 12.5. The van der Waals surface area contributed by atoms with Gasteiger partial charge in [-0.15, -0.1) is 5.10 Å². The SMILES string of the molecule is CCc1c(N2CCN(C(=O)OC(C)(C)C)C[C@@H]2C)c(=O)n2nc(Br)nc2n1CC(=O)Nc1ccc(C(F)(F)F)cc1Cl.CCc1nc2nc(Br)[nH]n2c(=O)c1N1CCN(C(=O)OC(C)(C)C)C[C@@H]1C. The fourth-order valence-corrected chi connectivity index (χ4v) is 8.91. The molecule has 4 aromatic heterocycles. The van der Waals surface area contributed by atoms with Crippen LogP contribution < -0.4 is 26.2 Å². The van der Waals surface area contributed by atoms with Crippen LogP contribution in [0.5, 0.6) is 0 Å². The van der Waals surface area contributed by atoms with E-state index in [0.717, 1.165) is 22.7 Å². The van der Waals surface area contributed by atoms with Gasteiger partial charge >= 0.3 is 18.4 Å². The number of ether oxygens (including phenoxy) is 2. The van der Waals surface area contributed by atoms with Gasteiger partial charge in [0.05, 0.1) is 27.7 Å². The number of nitrogens with one attached hydrogen (secondary N) is 2. The second kappa shape index (κ2) is 20.5. The number of nitrogens with zero attached hydrogens (tertiary/aromatic N) is 11. The molecule has 5 aromatic rings. The highest BCUT2D eigenvalue weighted by Gasteiger charge is 2.36. The minimum absolute atomic E-state index is 0.000427. The van der Waals surface area contributed by atoms with Crippen molar-refractivity contribution in [2.45, 2.75) is 118 Å². The summed E-state index contributed by atoms with van der Waals surface area (Å²) in [5, 5.41) is 9.30. The Labute approximate surface area is 416 Å². The molecule has 26 heteroatoms. The van der Waals surface area contributed by atoms with Crippen LogP contribution in [0, 0.1) is 0 Å². The van der Waals surface area contributed by atoms with Gasteiger partial charge in [-0.1, -0.05) is 25.4 Å². The normalized spacial score (nSPS) is 17.0. The molecule has 20 nitrogen and oxygen atoms in total. The van der Waals surface area contributed by atoms with Crippen molar-refractivity contribution in [3.63, 3.8) is 0 Å². The molecule has 6 heterocycles. The second-order valence-corrected chi connectivity index (χ2v) is 20.4. The highest BCUT2D eigenvalue weighted by atomic mass is 79.9. The Morgan fingerprint density at radius 3 is 1.88 bits per heavy atom. The monoisotopic (exact) mass is 1120 g/mol. The lowest BCUT2D eigenvalue weighted by molar-refractivity contribution is -0.137. The number of alkyl halides is 3. The Balaban J connectivity index is 0.000000249. The van der Waals surface area contributed by atoms with Crippen LogP contribution in [0.15, 0.2) is 37.3 Å². The van der Waals surface area contributed by atoms with Crippen LogP contribution in [0.2, 0.25) is 5.02 Å². The number of aryl methyl sites for hydroxylation is 1. The van der Waals surface area contributed by atoms with E-state index in [2.05, 4.69) is 62.3 Å². The number of hydrogen-bond acceptors (Lipinski definition) is 13. The number of fused-ring (bicyclic) bond motifs is 2. The van der Waals surface area contributed by atoms with E-state index in [4.69, 9.17) is 21.1 Å². The number of anilines is 3. The zero-order chi connectivity index (χ0) is 51.1. The standard InChI is InChI=1S/C26H30BrClF3N7O4.C17H25BrN6O3/c1-6-18-20(36-10-9-35(12-14(36)2)24(41)42-25(3,4)5)21(40)38-23(33-22(27)34-38)37(18)13-19(39)32-17-8-7-15(11-16(17)28)26(29,30)31;1-6-11-12(13(25)24-15(19-11)20-14(18)21-24)23-8-7-22(9-10(23)2)16(26)27-17(3,4)5/h7-8,11,14H,6,9-10,12-13H2,1-5H3,(H,32,39);10H,6-9H2,1-5H3,(H,19,20,21)/t14-;10-/m00/s1. The Kier molecular flexibility index (Phi) is 15.7. The first-order valence-corrected chi connectivity index (χ1v) is 24.1. The van der Waals surface area contributed by atoms with Crippen LogP contribution in [-0.2, 0) is 39.8 Å². The van der Waals surface area contributed by atoms with Gasteiger partial charge in [0.2, 0.25) is 16.4 Å². The van der Waals surface area contributed by atoms with Gasteiger partial charge in [-0.25, -0.2) is 14.6 Å². The van der Waals surface area contributed by atoms with E-state index in [1.54, 1.807) is 30.6 Å². The number of aromatic amines is 1. The van der Waals surface area contributed by atoms with Crippen molar-refractivity contribution in [1.82, 2.24) is 48.5 Å². The molecule has 2 aliphatic rings. The first-order valence-electron chi connectivity index (χ1n) is 22.1. The van der Waals surface area contributed by atoms with E-state index in [9.17, 15) is 37.1 Å². The minimum Gasteiger partial charge on any atom is -0.444 e. The summed E-state index contributed by atoms with van der Waals surface area (Å²) in [6, 6.07) is 2.30. The number of carbonyl (C=O) groups excluding carboxylic acids is 3. The molecular formula is C43H55Br2ClF3N13O7. The molecule has 0 spiro atoms. The summed E-state index contributed by atoms with van der Waals surface area (Å²) in [4.78, 5) is 85.1. The molecule has 2 saturated heterocycles. The molecule has 376 valence electrons. The quantitative estimate of drug-likeness (QED) is 0.166. The zero-order valence-electron chi connectivity index (χ0n) is 39.8. The number of amides is 3. The van der Waals surface area contributed by atoms with Crippen LogP contribution >= 0.6 is 43.5 Å². The molecule has 0 unspecified atom stereocenters. The average molecular weight is 1120 g/mol. The first kappa shape index (κ1) is 52.9. The van der Waals surface area contributed by atoms with Gasteiger partial charge in [-0.05, 0) is 118 Å². The minimum atomic E-state index is -4.59. The van der Waals surface area contributed by atoms with Crippen molar-refractivity contribution >= 4 is 90.2 Å². The topological polar surface area (TPSA) is 210 Å². The van der Waals surface area contributed by atoms with Crippen molar-refractivity contribution in [3.8, 4) is 0 Å². The lowest BCUT2D eigenvalue weighted by Crippen LogP contribution is -2.56. The van der Waals surface area contributed by atoms with Gasteiger partial charge in [-0.3, -0.25) is 19.5 Å². The second-order valence-electron chi connectivity index (χ2n) is 18.5. The van der Waals surface area contributed by atoms with Crippen LogP contribution in [0.25, 0.3) is 11.6 Å². The number of piperazine rings is 2. The Hall–Kier alpha value is -5.43. The molecule has 0 bridgehead atoms. The smallest absolute Gasteiger partial charge is 0.416 e. The number of carbonyl (C=O) groups is 3. The predicted octanol–water partition coefficient (Wildman–Crippen LogP) is 7.16. The molecule has 69 heavy (non-hydrogen) atoms. The van der Waals surface area contributed by atoms with Crippen LogP contribution in [0.3, 0.4) is 0 Å². The van der Waals surface area contributed by atoms with Gasteiger partial charge in [0.15, 0.2) is 4.73 Å². The number of rotatable bonds is 7. The molecule has 2 fully saturated rings. The zero-order valence-corrected chi connectivity index (χ0v) is 43.7. The van der Waals surface area contributed by atoms with Crippen molar-refractivity contribution in [2.75, 3.05) is 54.4 Å². The van der Waals surface area contributed by atoms with E-state index < -0.39 is 40.5 Å². The number of aromatic nitrogens is 8. The maximum absolute atomic E-state index is 13.7. The van der Waals surface area contributed by atoms with Crippen molar-refractivity contribution in [3.05, 3.63) is 70.3 Å². The largest absolute Gasteiger partial charge is 0.444 e. The maximum Gasteiger partial charge on any atom is 0.416 e. The van der Waals surface area contributed by atoms with E-state index in [1.165, 1.54) is 9.08 Å². The fourth-order valence-electron chi connectivity index (χ4n) is 8.03. The van der Waals surface area contributed by atoms with Crippen LogP contribution in [0.4, 0.5) is 39.8 Å². The molecule has 1 aromatic carbocycles. The summed E-state index contributed by atoms with van der Waals surface area (Å²) in [5.74, 6) is -0.168. The van der Waals surface area contributed by atoms with E-state index >= 15 is 0 Å². The first-order chi connectivity index (χ1) is 32.1. The Morgan fingerprint density at radius 2 is 1.39 bits per heavy atom. The molecular weight excluding hydrogens is 1060 g/mol. The van der Waals surface area contributed by atoms with E-state index in [-0.39, 0.29) is 51.5 Å². The highest BCUT2D eigenvalue weighted by Crippen LogP contribution is 2.34. The molecule has 0 saturated carbocycles. The van der Waals surface area contributed by atoms with Gasteiger partial charge in [0, 0.05) is 51.4 Å². The Morgan fingerprint density at radius 1 is 0.826 bits per heavy atom. The van der Waals surface area contributed by atoms with Crippen molar-refractivity contribution in [2.24, 2.45) is 0 Å². The summed E-state index contributed by atoms with van der Waals surface area (Å²) in [7, 11) is 0. The third kappa shape index (κ3) is 12.1. The van der Waals surface area contributed by atoms with Crippen molar-refractivity contribution < 1.29 is 37.0 Å². The fraction of sp³-hybridized carbons (Fsp3) is 0.558. The van der Waals surface area contributed by atoms with E-state index in [0.29, 0.717) is 85.4 Å². The molecule has 3 amide bonds. The lowest BCUT2D eigenvalue weighted by Gasteiger charge is -2.41. The van der Waals surface area contributed by atoms with Gasteiger partial charge < -0.3 is 39.0 Å². The molecule has 2 N–H and O–H groups in total. The average Bonchev–Trinajstić information content (AvgIpc) is 3.83. The highest BCUT2D eigenvalue weighted by molar-refractivity contribution is 9.10. The van der Waals surface area contributed by atoms with Gasteiger partial charge in [0.1, 0.15) is 29.1 Å². The molecule has 2 aliphatic heterocycles. The molecule has 0 aliphatic carbocycles. The summed E-state index contributed by atoms with van der Waals surface area (Å²) in [6.45, 7) is 20.6. The third-order valence-electron chi connectivity index (χ3n) is 11.0. The predicted molar refractivity (Wildman–Crippen MR) is 259 cm³/mol. The number of benzene rings is 1. The number of hydrogen-bond donors (Lipinski definition) is 2. The molecule has 7 rings (SSSR count). The van der Waals surface area contributed by atoms with Crippen molar-refractivity contribution in [1.29, 1.82) is 0 Å².